The van der Waals surface area contributed by atoms with Crippen molar-refractivity contribution in [2.75, 3.05) is 10.2 Å². The summed E-state index contributed by atoms with van der Waals surface area (Å²) < 4.78 is 0. The van der Waals surface area contributed by atoms with Crippen LogP contribution in [0.15, 0.2) is 60.7 Å². The lowest BCUT2D eigenvalue weighted by atomic mass is 9.40. The second-order valence-corrected chi connectivity index (χ2v) is 7.90. The number of aliphatic carboxylic acids is 1. The Balaban J connectivity index is 1.76. The predicted octanol–water partition coefficient (Wildman–Crippen LogP) is 2.54. The second-order valence-electron chi connectivity index (χ2n) is 7.90. The fourth-order valence-corrected chi connectivity index (χ4v) is 5.10. The van der Waals surface area contributed by atoms with Crippen molar-refractivity contribution in [3.05, 3.63) is 60.7 Å². The number of nitrogens with one attached hydrogen (secondary N) is 1. The lowest BCUT2D eigenvalue weighted by Gasteiger charge is -2.57. The van der Waals surface area contributed by atoms with Gasteiger partial charge in [0.1, 0.15) is 0 Å². The van der Waals surface area contributed by atoms with Crippen LogP contribution in [0, 0.1) is 22.7 Å². The fourth-order valence-electron chi connectivity index (χ4n) is 5.10. The number of hydrogen-bond donors (Lipinski definition) is 2. The molecule has 2 aromatic carbocycles. The highest BCUT2D eigenvalue weighted by atomic mass is 16.4. The van der Waals surface area contributed by atoms with Gasteiger partial charge in [-0.15, -0.1) is 0 Å². The SMILES string of the molecule is CC1(C(=O)Nc2ccccc2)C(C(=O)O)C2(C)C(=O)N(c3ccccc3)C(=O)C12. The molecule has 0 bridgehead atoms. The van der Waals surface area contributed by atoms with Crippen molar-refractivity contribution in [1.82, 2.24) is 0 Å². The first-order valence-electron chi connectivity index (χ1n) is 9.26. The van der Waals surface area contributed by atoms with E-state index in [4.69, 9.17) is 0 Å². The number of benzene rings is 2. The number of carbonyl (C=O) groups is 4. The topological polar surface area (TPSA) is 104 Å². The zero-order chi connectivity index (χ0) is 21.0. The summed E-state index contributed by atoms with van der Waals surface area (Å²) in [7, 11) is 0. The molecule has 0 aromatic heterocycles. The van der Waals surface area contributed by atoms with Crippen molar-refractivity contribution < 1.29 is 24.3 Å². The van der Waals surface area contributed by atoms with Gasteiger partial charge in [0.2, 0.25) is 17.7 Å². The molecule has 7 heteroatoms. The van der Waals surface area contributed by atoms with Crippen LogP contribution in [0.2, 0.25) is 0 Å². The van der Waals surface area contributed by atoms with Gasteiger partial charge in [0, 0.05) is 5.69 Å². The summed E-state index contributed by atoms with van der Waals surface area (Å²) in [6, 6.07) is 17.0. The average molecular weight is 392 g/mol. The first-order chi connectivity index (χ1) is 13.7. The van der Waals surface area contributed by atoms with Gasteiger partial charge >= 0.3 is 5.97 Å². The summed E-state index contributed by atoms with van der Waals surface area (Å²) in [6.07, 6.45) is 0. The number of hydrogen-bond acceptors (Lipinski definition) is 4. The van der Waals surface area contributed by atoms with Crippen LogP contribution < -0.4 is 10.2 Å². The Morgan fingerprint density at radius 2 is 1.52 bits per heavy atom. The summed E-state index contributed by atoms with van der Waals surface area (Å²) in [5, 5.41) is 12.6. The Bertz CT molecular complexity index is 1020. The van der Waals surface area contributed by atoms with Crippen LogP contribution in [0.25, 0.3) is 0 Å². The highest BCUT2D eigenvalue weighted by Gasteiger charge is 2.82. The number of fused-ring (bicyclic) bond motifs is 1. The Labute approximate surface area is 167 Å². The largest absolute Gasteiger partial charge is 0.481 e. The Morgan fingerprint density at radius 3 is 2.07 bits per heavy atom. The number of anilines is 2. The number of carboxylic acid groups (broad SMARTS) is 1. The summed E-state index contributed by atoms with van der Waals surface area (Å²) in [6.45, 7) is 2.92. The first-order valence-corrected chi connectivity index (χ1v) is 9.26. The van der Waals surface area contributed by atoms with Crippen molar-refractivity contribution in [1.29, 1.82) is 0 Å². The predicted molar refractivity (Wildman–Crippen MR) is 105 cm³/mol. The number of carbonyl (C=O) groups excluding carboxylic acids is 3. The number of imide groups is 1. The van der Waals surface area contributed by atoms with Crippen LogP contribution >= 0.6 is 0 Å². The molecule has 4 unspecified atom stereocenters. The molecule has 2 fully saturated rings. The molecule has 7 nitrogen and oxygen atoms in total. The van der Waals surface area contributed by atoms with Crippen molar-refractivity contribution in [2.45, 2.75) is 13.8 Å². The number of amides is 3. The number of carboxylic acids is 1. The maximum absolute atomic E-state index is 13.3. The smallest absolute Gasteiger partial charge is 0.308 e. The van der Waals surface area contributed by atoms with Crippen LogP contribution in [-0.4, -0.2) is 28.8 Å². The zero-order valence-electron chi connectivity index (χ0n) is 16.0. The van der Waals surface area contributed by atoms with E-state index < -0.39 is 46.4 Å². The highest BCUT2D eigenvalue weighted by molar-refractivity contribution is 6.28. The summed E-state index contributed by atoms with van der Waals surface area (Å²) in [4.78, 5) is 52.8. The number of rotatable bonds is 4. The molecule has 4 rings (SSSR count). The molecule has 2 N–H and O–H groups in total. The molecule has 1 heterocycles. The van der Waals surface area contributed by atoms with Gasteiger partial charge in [0.05, 0.1) is 28.4 Å². The molecule has 2 aliphatic rings. The minimum atomic E-state index is -1.56. The minimum absolute atomic E-state index is 0.369. The van der Waals surface area contributed by atoms with Crippen LogP contribution in [0.4, 0.5) is 11.4 Å². The summed E-state index contributed by atoms with van der Waals surface area (Å²) in [5.41, 5.74) is -2.19. The molecule has 4 atom stereocenters. The van der Waals surface area contributed by atoms with Crippen LogP contribution in [0.3, 0.4) is 0 Å². The minimum Gasteiger partial charge on any atom is -0.481 e. The van der Waals surface area contributed by atoms with Gasteiger partial charge in [0.15, 0.2) is 0 Å². The number of para-hydroxylation sites is 2. The lowest BCUT2D eigenvalue weighted by molar-refractivity contribution is -0.198. The maximum atomic E-state index is 13.3. The normalized spacial score (nSPS) is 30.5. The molecule has 2 aromatic rings. The van der Waals surface area contributed by atoms with Gasteiger partial charge in [-0.1, -0.05) is 36.4 Å². The van der Waals surface area contributed by atoms with Crippen LogP contribution in [-0.2, 0) is 19.2 Å². The second kappa shape index (κ2) is 6.27. The first kappa shape index (κ1) is 18.9. The van der Waals surface area contributed by atoms with E-state index >= 15 is 0 Å². The molecular formula is C22H20N2O5. The van der Waals surface area contributed by atoms with E-state index in [-0.39, 0.29) is 0 Å². The highest BCUT2D eigenvalue weighted by Crippen LogP contribution is 2.68. The Kier molecular flexibility index (Phi) is 4.08. The van der Waals surface area contributed by atoms with Crippen molar-refractivity contribution >= 4 is 35.1 Å². The van der Waals surface area contributed by atoms with Gasteiger partial charge in [-0.05, 0) is 38.1 Å². The average Bonchev–Trinajstić information content (AvgIpc) is 2.85. The molecule has 1 aliphatic heterocycles. The van der Waals surface area contributed by atoms with Crippen LogP contribution in [0.5, 0.6) is 0 Å². The third-order valence-corrected chi connectivity index (χ3v) is 6.31. The van der Waals surface area contributed by atoms with Gasteiger partial charge in [-0.2, -0.15) is 0 Å². The van der Waals surface area contributed by atoms with Crippen molar-refractivity contribution in [3.63, 3.8) is 0 Å². The monoisotopic (exact) mass is 392 g/mol. The Morgan fingerprint density at radius 1 is 0.966 bits per heavy atom. The molecule has 29 heavy (non-hydrogen) atoms. The van der Waals surface area contributed by atoms with Gasteiger partial charge in [0.25, 0.3) is 0 Å². The molecule has 3 amide bonds. The standard InChI is InChI=1S/C22H20N2O5/c1-21(19(28)23-13-9-5-3-6-10-13)15-17(25)24(14-11-7-4-8-12-14)20(29)22(15,2)16(21)18(26)27/h3-12,15-16H,1-2H3,(H,23,28)(H,26,27). The molecular weight excluding hydrogens is 372 g/mol. The molecule has 1 saturated carbocycles. The fraction of sp³-hybridized carbons (Fsp3) is 0.273. The van der Waals surface area contributed by atoms with Gasteiger partial charge in [-0.3, -0.25) is 19.2 Å². The zero-order valence-corrected chi connectivity index (χ0v) is 16.0. The number of nitrogens with zero attached hydrogens (tertiary/aromatic N) is 1. The van der Waals surface area contributed by atoms with E-state index in [2.05, 4.69) is 5.32 Å². The summed E-state index contributed by atoms with van der Waals surface area (Å²) >= 11 is 0. The van der Waals surface area contributed by atoms with Crippen molar-refractivity contribution in [3.8, 4) is 0 Å². The quantitative estimate of drug-likeness (QED) is 0.778. The van der Waals surface area contributed by atoms with E-state index in [9.17, 15) is 24.3 Å². The van der Waals surface area contributed by atoms with Gasteiger partial charge in [-0.25, -0.2) is 4.90 Å². The molecule has 1 saturated heterocycles. The third-order valence-electron chi connectivity index (χ3n) is 6.31. The molecule has 0 spiro atoms. The van der Waals surface area contributed by atoms with E-state index in [0.717, 1.165) is 4.90 Å². The summed E-state index contributed by atoms with van der Waals surface area (Å²) in [5.74, 6) is -5.38. The molecule has 1 aliphatic carbocycles. The van der Waals surface area contributed by atoms with Gasteiger partial charge < -0.3 is 10.4 Å². The van der Waals surface area contributed by atoms with Crippen LogP contribution in [0.1, 0.15) is 13.8 Å². The van der Waals surface area contributed by atoms with E-state index in [1.807, 2.05) is 0 Å². The van der Waals surface area contributed by atoms with E-state index in [1.165, 1.54) is 13.8 Å². The van der Waals surface area contributed by atoms with E-state index in [0.29, 0.717) is 11.4 Å². The molecule has 0 radical (unpaired) electrons. The Hall–Kier alpha value is -3.48. The maximum Gasteiger partial charge on any atom is 0.308 e. The molecule has 148 valence electrons. The van der Waals surface area contributed by atoms with Crippen molar-refractivity contribution in [2.24, 2.45) is 22.7 Å². The lowest BCUT2D eigenvalue weighted by Crippen LogP contribution is -2.70. The third kappa shape index (κ3) is 2.36. The van der Waals surface area contributed by atoms with E-state index in [1.54, 1.807) is 60.7 Å².